The highest BCUT2D eigenvalue weighted by Gasteiger charge is 2.41. The second kappa shape index (κ2) is 10.3. The average Bonchev–Trinajstić information content (AvgIpc) is 3.51. The van der Waals surface area contributed by atoms with E-state index in [4.69, 9.17) is 4.74 Å². The number of anilines is 1. The molecule has 5 rings (SSSR count). The van der Waals surface area contributed by atoms with Crippen LogP contribution in [0.3, 0.4) is 0 Å². The molecule has 6 nitrogen and oxygen atoms in total. The molecule has 0 unspecified atom stereocenters. The van der Waals surface area contributed by atoms with E-state index >= 15 is 0 Å². The minimum Gasteiger partial charge on any atom is -0.443 e. The Morgan fingerprint density at radius 1 is 1.00 bits per heavy atom. The van der Waals surface area contributed by atoms with Crippen LogP contribution in [0.4, 0.5) is 23.7 Å². The fourth-order valence-electron chi connectivity index (χ4n) is 5.41. The van der Waals surface area contributed by atoms with Gasteiger partial charge in [-0.1, -0.05) is 48.5 Å². The summed E-state index contributed by atoms with van der Waals surface area (Å²) >= 11 is 0. The largest absolute Gasteiger partial charge is 0.454 e. The molecule has 1 aromatic heterocycles. The lowest BCUT2D eigenvalue weighted by molar-refractivity contribution is -0.0884. The van der Waals surface area contributed by atoms with E-state index in [9.17, 15) is 22.8 Å². The quantitative estimate of drug-likeness (QED) is 0.265. The molecule has 1 aliphatic heterocycles. The minimum atomic E-state index is -5.07. The van der Waals surface area contributed by atoms with E-state index < -0.39 is 29.2 Å². The van der Waals surface area contributed by atoms with Gasteiger partial charge in [0, 0.05) is 42.4 Å². The molecule has 210 valence electrons. The zero-order valence-electron chi connectivity index (χ0n) is 22.9. The van der Waals surface area contributed by atoms with Crippen LogP contribution in [0.25, 0.3) is 21.7 Å². The molecule has 1 aliphatic rings. The van der Waals surface area contributed by atoms with Gasteiger partial charge in [-0.2, -0.15) is 13.2 Å². The molecule has 0 spiro atoms. The smallest absolute Gasteiger partial charge is 0.443 e. The van der Waals surface area contributed by atoms with Gasteiger partial charge in [0.25, 0.3) is 5.78 Å². The molecule has 9 heteroatoms. The summed E-state index contributed by atoms with van der Waals surface area (Å²) in [5.41, 5.74) is 0.719. The van der Waals surface area contributed by atoms with Crippen LogP contribution in [0.15, 0.2) is 66.9 Å². The molecule has 4 aromatic rings. The Bertz CT molecular complexity index is 1580. The summed E-state index contributed by atoms with van der Waals surface area (Å²) in [7, 11) is 0. The van der Waals surface area contributed by atoms with Crippen LogP contribution in [0.5, 0.6) is 0 Å². The number of nitrogens with one attached hydrogen (secondary N) is 1. The zero-order valence-corrected chi connectivity index (χ0v) is 22.9. The summed E-state index contributed by atoms with van der Waals surface area (Å²) in [6.45, 7) is 8.56. The van der Waals surface area contributed by atoms with Crippen LogP contribution in [-0.2, 0) is 4.74 Å². The van der Waals surface area contributed by atoms with Gasteiger partial charge in [-0.15, -0.1) is 0 Å². The lowest BCUT2D eigenvalue weighted by Gasteiger charge is -2.23. The van der Waals surface area contributed by atoms with Crippen molar-refractivity contribution in [1.29, 1.82) is 0 Å². The number of hydrogen-bond acceptors (Lipinski definition) is 5. The summed E-state index contributed by atoms with van der Waals surface area (Å²) in [5, 5.41) is 6.17. The normalized spacial score (nSPS) is 17.0. The van der Waals surface area contributed by atoms with E-state index in [1.54, 1.807) is 32.9 Å². The molecule has 0 saturated carbocycles. The van der Waals surface area contributed by atoms with E-state index in [1.165, 1.54) is 22.4 Å². The summed E-state index contributed by atoms with van der Waals surface area (Å²) in [6.07, 6.45) is -4.11. The lowest BCUT2D eigenvalue weighted by Crippen LogP contribution is -2.34. The van der Waals surface area contributed by atoms with Crippen LogP contribution >= 0.6 is 0 Å². The number of aromatic nitrogens is 1. The van der Waals surface area contributed by atoms with Crippen molar-refractivity contribution >= 4 is 39.2 Å². The van der Waals surface area contributed by atoms with Crippen molar-refractivity contribution in [3.05, 3.63) is 78.0 Å². The molecule has 0 aliphatic carbocycles. The SMILES string of the molecule is C[C@@H](N[C@H]1CCN(c2ccc3c(C(=O)C(F)(F)F)cn(C(=O)OC(C)(C)C)c3c2)C1)c1cccc2ccccc12. The second-order valence-corrected chi connectivity index (χ2v) is 11.3. The number of halogens is 3. The van der Waals surface area contributed by atoms with E-state index in [0.717, 1.165) is 29.4 Å². The van der Waals surface area contributed by atoms with Gasteiger partial charge in [0.05, 0.1) is 11.1 Å². The monoisotopic (exact) mass is 551 g/mol. The van der Waals surface area contributed by atoms with Crippen molar-refractivity contribution in [2.75, 3.05) is 18.0 Å². The highest BCUT2D eigenvalue weighted by Crippen LogP contribution is 2.33. The first-order valence-corrected chi connectivity index (χ1v) is 13.3. The Morgan fingerprint density at radius 3 is 2.45 bits per heavy atom. The molecule has 2 atom stereocenters. The third-order valence-corrected chi connectivity index (χ3v) is 7.21. The Hall–Kier alpha value is -3.85. The van der Waals surface area contributed by atoms with Crippen molar-refractivity contribution in [2.45, 2.75) is 58.0 Å². The molecule has 1 fully saturated rings. The number of alkyl halides is 3. The fourth-order valence-corrected chi connectivity index (χ4v) is 5.41. The van der Waals surface area contributed by atoms with Crippen LogP contribution in [-0.4, -0.2) is 47.4 Å². The first kappa shape index (κ1) is 27.7. The molecule has 1 N–H and O–H groups in total. The van der Waals surface area contributed by atoms with E-state index in [-0.39, 0.29) is 23.0 Å². The number of Topliss-reactive ketones (excluding diaryl/α,β-unsaturated/α-hetero) is 1. The molecule has 40 heavy (non-hydrogen) atoms. The number of hydrogen-bond donors (Lipinski definition) is 1. The van der Waals surface area contributed by atoms with Gasteiger partial charge < -0.3 is 15.0 Å². The second-order valence-electron chi connectivity index (χ2n) is 11.3. The first-order chi connectivity index (χ1) is 18.8. The van der Waals surface area contributed by atoms with Gasteiger partial charge in [-0.25, -0.2) is 4.79 Å². The number of nitrogens with zero attached hydrogens (tertiary/aromatic N) is 2. The van der Waals surface area contributed by atoms with Gasteiger partial charge in [0.1, 0.15) is 5.60 Å². The van der Waals surface area contributed by atoms with Gasteiger partial charge in [-0.05, 0) is 62.6 Å². The molecule has 2 heterocycles. The number of carbonyl (C=O) groups is 2. The van der Waals surface area contributed by atoms with Gasteiger partial charge in [0.2, 0.25) is 0 Å². The Kier molecular flexibility index (Phi) is 7.12. The third-order valence-electron chi connectivity index (χ3n) is 7.21. The van der Waals surface area contributed by atoms with Gasteiger partial charge >= 0.3 is 12.3 Å². The number of carbonyl (C=O) groups excluding carboxylic acids is 2. The molecular formula is C31H32F3N3O3. The topological polar surface area (TPSA) is 63.6 Å². The third kappa shape index (κ3) is 5.56. The molecule has 3 aromatic carbocycles. The Balaban J connectivity index is 1.40. The fraction of sp³-hybridized carbons (Fsp3) is 0.355. The number of ketones is 1. The molecular weight excluding hydrogens is 519 g/mol. The van der Waals surface area contributed by atoms with Crippen molar-refractivity contribution in [1.82, 2.24) is 9.88 Å². The molecule has 0 bridgehead atoms. The minimum absolute atomic E-state index is 0.0513. The van der Waals surface area contributed by atoms with Gasteiger partial charge in [0.15, 0.2) is 0 Å². The first-order valence-electron chi connectivity index (χ1n) is 13.3. The Labute approximate surface area is 230 Å². The Morgan fingerprint density at radius 2 is 1.73 bits per heavy atom. The maximum atomic E-state index is 13.3. The van der Waals surface area contributed by atoms with Crippen LogP contribution in [0.2, 0.25) is 0 Å². The van der Waals surface area contributed by atoms with Crippen LogP contribution in [0.1, 0.15) is 56.1 Å². The lowest BCUT2D eigenvalue weighted by atomic mass is 9.99. The van der Waals surface area contributed by atoms with E-state index in [0.29, 0.717) is 6.54 Å². The van der Waals surface area contributed by atoms with Crippen LogP contribution in [0, 0.1) is 0 Å². The van der Waals surface area contributed by atoms with Crippen LogP contribution < -0.4 is 10.2 Å². The van der Waals surface area contributed by atoms with Crippen molar-refractivity contribution in [2.24, 2.45) is 0 Å². The highest BCUT2D eigenvalue weighted by atomic mass is 19.4. The number of benzene rings is 3. The summed E-state index contributed by atoms with van der Waals surface area (Å²) in [6, 6.07) is 19.7. The zero-order chi connectivity index (χ0) is 28.8. The van der Waals surface area contributed by atoms with Crippen molar-refractivity contribution in [3.63, 3.8) is 0 Å². The van der Waals surface area contributed by atoms with Gasteiger partial charge in [-0.3, -0.25) is 9.36 Å². The summed E-state index contributed by atoms with van der Waals surface area (Å²) < 4.78 is 46.4. The van der Waals surface area contributed by atoms with E-state index in [2.05, 4.69) is 47.5 Å². The average molecular weight is 552 g/mol. The highest BCUT2D eigenvalue weighted by molar-refractivity contribution is 6.12. The summed E-state index contributed by atoms with van der Waals surface area (Å²) in [5.74, 6) is -2.00. The number of rotatable bonds is 5. The molecule has 0 amide bonds. The standard InChI is InChI=1S/C31H32F3N3O3/c1-19(23-11-7-9-20-8-5-6-10-24(20)23)35-21-14-15-36(17-21)22-12-13-25-26(28(38)31(32,33)34)18-37(27(25)16-22)29(39)40-30(2,3)4/h5-13,16,18-19,21,35H,14-15,17H2,1-4H3/t19-,21+/m1/s1. The van der Waals surface area contributed by atoms with Crippen molar-refractivity contribution < 1.29 is 27.5 Å². The predicted molar refractivity (Wildman–Crippen MR) is 150 cm³/mol. The maximum absolute atomic E-state index is 13.3. The predicted octanol–water partition coefficient (Wildman–Crippen LogP) is 7.25. The number of ether oxygens (including phenoxy) is 1. The molecule has 1 saturated heterocycles. The van der Waals surface area contributed by atoms with E-state index in [1.807, 2.05) is 12.1 Å². The summed E-state index contributed by atoms with van der Waals surface area (Å²) in [4.78, 5) is 27.2. The number of fused-ring (bicyclic) bond motifs is 2. The maximum Gasteiger partial charge on any atom is 0.454 e. The van der Waals surface area contributed by atoms with Crippen molar-refractivity contribution in [3.8, 4) is 0 Å². The molecule has 0 radical (unpaired) electrons.